The van der Waals surface area contributed by atoms with E-state index in [0.29, 0.717) is 6.42 Å². The zero-order valence-electron chi connectivity index (χ0n) is 11.8. The molecule has 8 heteroatoms. The number of anilines is 1. The maximum atomic E-state index is 12.0. The van der Waals surface area contributed by atoms with Crippen LogP contribution in [0.2, 0.25) is 0 Å². The summed E-state index contributed by atoms with van der Waals surface area (Å²) < 4.78 is 49.0. The minimum atomic E-state index is -3.98. The number of benzene rings is 1. The summed E-state index contributed by atoms with van der Waals surface area (Å²) >= 11 is 0. The first-order valence-corrected chi connectivity index (χ1v) is 9.23. The van der Waals surface area contributed by atoms with Crippen LogP contribution in [0.1, 0.15) is 27.2 Å². The Bertz CT molecular complexity index is 674. The topological polar surface area (TPSA) is 106 Å². The van der Waals surface area contributed by atoms with E-state index in [2.05, 4.69) is 4.72 Å². The Morgan fingerprint density at radius 3 is 2.15 bits per heavy atom. The molecule has 0 unspecified atom stereocenters. The van der Waals surface area contributed by atoms with E-state index < -0.39 is 20.0 Å². The van der Waals surface area contributed by atoms with E-state index in [9.17, 15) is 16.8 Å². The molecule has 0 aliphatic heterocycles. The van der Waals surface area contributed by atoms with Crippen LogP contribution in [-0.4, -0.2) is 22.6 Å². The van der Waals surface area contributed by atoms with Crippen molar-refractivity contribution in [3.63, 3.8) is 0 Å². The molecule has 3 N–H and O–H groups in total. The molecule has 0 spiro atoms. The van der Waals surface area contributed by atoms with Gasteiger partial charge >= 0.3 is 0 Å². The molecule has 0 radical (unpaired) electrons. The highest BCUT2D eigenvalue weighted by molar-refractivity contribution is 7.93. The molecule has 0 aliphatic carbocycles. The van der Waals surface area contributed by atoms with Crippen LogP contribution in [0.15, 0.2) is 29.2 Å². The van der Waals surface area contributed by atoms with Gasteiger partial charge in [0.2, 0.25) is 20.0 Å². The summed E-state index contributed by atoms with van der Waals surface area (Å²) in [4.78, 5) is -0.237. The first-order chi connectivity index (χ1) is 8.91. The summed E-state index contributed by atoms with van der Waals surface area (Å²) in [5.41, 5.74) is -0.155. The second-order valence-corrected chi connectivity index (χ2v) is 9.14. The van der Waals surface area contributed by atoms with Gasteiger partial charge in [-0.1, -0.05) is 32.9 Å². The fourth-order valence-corrected chi connectivity index (χ4v) is 3.71. The molecule has 0 aliphatic rings. The number of para-hydroxylation sites is 1. The predicted octanol–water partition coefficient (Wildman–Crippen LogP) is 1.51. The average Bonchev–Trinajstić information content (AvgIpc) is 2.24. The zero-order chi connectivity index (χ0) is 15.6. The van der Waals surface area contributed by atoms with Crippen LogP contribution in [0, 0.1) is 5.41 Å². The Labute approximate surface area is 120 Å². The lowest BCUT2D eigenvalue weighted by Crippen LogP contribution is -2.23. The van der Waals surface area contributed by atoms with Gasteiger partial charge in [0.15, 0.2) is 0 Å². The zero-order valence-corrected chi connectivity index (χ0v) is 13.4. The van der Waals surface area contributed by atoms with Crippen LogP contribution in [0.3, 0.4) is 0 Å². The number of rotatable bonds is 5. The molecule has 0 amide bonds. The molecule has 0 heterocycles. The molecule has 0 saturated carbocycles. The quantitative estimate of drug-likeness (QED) is 0.857. The lowest BCUT2D eigenvalue weighted by atomic mass is 9.94. The van der Waals surface area contributed by atoms with Gasteiger partial charge < -0.3 is 0 Å². The van der Waals surface area contributed by atoms with E-state index in [4.69, 9.17) is 5.14 Å². The van der Waals surface area contributed by atoms with Crippen molar-refractivity contribution in [3.8, 4) is 0 Å². The molecule has 0 atom stereocenters. The van der Waals surface area contributed by atoms with Crippen molar-refractivity contribution in [3.05, 3.63) is 24.3 Å². The Balaban J connectivity index is 3.00. The molecule has 1 aromatic carbocycles. The van der Waals surface area contributed by atoms with Gasteiger partial charge in [-0.2, -0.15) is 0 Å². The van der Waals surface area contributed by atoms with Crippen molar-refractivity contribution in [1.82, 2.24) is 0 Å². The van der Waals surface area contributed by atoms with Crippen molar-refractivity contribution in [1.29, 1.82) is 0 Å². The van der Waals surface area contributed by atoms with Crippen LogP contribution in [-0.2, 0) is 20.0 Å². The minimum absolute atomic E-state index is 0.0242. The molecule has 0 aromatic heterocycles. The number of hydrogen-bond acceptors (Lipinski definition) is 4. The number of nitrogens with one attached hydrogen (secondary N) is 1. The summed E-state index contributed by atoms with van der Waals surface area (Å²) in [5.74, 6) is -0.0878. The molecule has 6 nitrogen and oxygen atoms in total. The van der Waals surface area contributed by atoms with Crippen molar-refractivity contribution in [2.45, 2.75) is 32.1 Å². The molecule has 0 fully saturated rings. The summed E-state index contributed by atoms with van der Waals surface area (Å²) in [6.07, 6.45) is 0.458. The van der Waals surface area contributed by atoms with Gasteiger partial charge in [-0.15, -0.1) is 0 Å². The van der Waals surface area contributed by atoms with Crippen LogP contribution in [0.5, 0.6) is 0 Å². The molecule has 1 rings (SSSR count). The van der Waals surface area contributed by atoms with Gasteiger partial charge in [-0.25, -0.2) is 22.0 Å². The average molecular weight is 320 g/mol. The second kappa shape index (κ2) is 5.71. The normalized spacial score (nSPS) is 13.2. The fourth-order valence-electron chi connectivity index (χ4n) is 1.46. The molecule has 0 saturated heterocycles. The lowest BCUT2D eigenvalue weighted by Gasteiger charge is -2.18. The van der Waals surface area contributed by atoms with Crippen LogP contribution in [0.25, 0.3) is 0 Å². The van der Waals surface area contributed by atoms with E-state index in [-0.39, 0.29) is 21.8 Å². The van der Waals surface area contributed by atoms with E-state index in [1.54, 1.807) is 0 Å². The van der Waals surface area contributed by atoms with Crippen molar-refractivity contribution in [2.75, 3.05) is 10.5 Å². The molecule has 114 valence electrons. The molecule has 20 heavy (non-hydrogen) atoms. The Morgan fingerprint density at radius 2 is 1.65 bits per heavy atom. The Hall–Kier alpha value is -1.12. The third kappa shape index (κ3) is 5.48. The minimum Gasteiger partial charge on any atom is -0.282 e. The molecule has 0 bridgehead atoms. The fraction of sp³-hybridized carbons (Fsp3) is 0.500. The van der Waals surface area contributed by atoms with Gasteiger partial charge in [-0.3, -0.25) is 4.72 Å². The number of nitrogens with two attached hydrogens (primary N) is 1. The van der Waals surface area contributed by atoms with E-state index in [0.717, 1.165) is 0 Å². The van der Waals surface area contributed by atoms with Crippen molar-refractivity contribution < 1.29 is 16.8 Å². The smallest absolute Gasteiger partial charge is 0.240 e. The van der Waals surface area contributed by atoms with E-state index >= 15 is 0 Å². The molecular formula is C12H20N2O4S2. The first-order valence-electron chi connectivity index (χ1n) is 6.03. The summed E-state index contributed by atoms with van der Waals surface area (Å²) in [5, 5.41) is 5.06. The van der Waals surface area contributed by atoms with Gasteiger partial charge in [0.25, 0.3) is 0 Å². The largest absolute Gasteiger partial charge is 0.282 e. The van der Waals surface area contributed by atoms with Gasteiger partial charge in [0.05, 0.1) is 11.4 Å². The third-order valence-electron chi connectivity index (χ3n) is 2.58. The standard InChI is InChI=1S/C12H20N2O4S2/c1-12(2,3)8-9-19(15,16)14-10-6-4-5-7-11(10)20(13,17)18/h4-7,14H,8-9H2,1-3H3,(H2,13,17,18). The Kier molecular flexibility index (Phi) is 4.83. The van der Waals surface area contributed by atoms with Gasteiger partial charge in [-0.05, 0) is 24.0 Å². The number of primary sulfonamides is 1. The highest BCUT2D eigenvalue weighted by Crippen LogP contribution is 2.23. The van der Waals surface area contributed by atoms with Crippen LogP contribution >= 0.6 is 0 Å². The predicted molar refractivity (Wildman–Crippen MR) is 79.3 cm³/mol. The van der Waals surface area contributed by atoms with Crippen LogP contribution in [0.4, 0.5) is 5.69 Å². The van der Waals surface area contributed by atoms with Crippen molar-refractivity contribution in [2.24, 2.45) is 10.6 Å². The SMILES string of the molecule is CC(C)(C)CCS(=O)(=O)Nc1ccccc1S(N)(=O)=O. The molecule has 1 aromatic rings. The molecular weight excluding hydrogens is 300 g/mol. The second-order valence-electron chi connectivity index (χ2n) is 5.77. The van der Waals surface area contributed by atoms with E-state index in [1.807, 2.05) is 20.8 Å². The maximum Gasteiger partial charge on any atom is 0.240 e. The highest BCUT2D eigenvalue weighted by Gasteiger charge is 2.20. The van der Waals surface area contributed by atoms with Gasteiger partial charge in [0.1, 0.15) is 4.90 Å². The van der Waals surface area contributed by atoms with E-state index in [1.165, 1.54) is 24.3 Å². The van der Waals surface area contributed by atoms with Crippen molar-refractivity contribution >= 4 is 25.7 Å². The number of hydrogen-bond donors (Lipinski definition) is 2. The van der Waals surface area contributed by atoms with Crippen LogP contribution < -0.4 is 9.86 Å². The number of sulfonamides is 2. The summed E-state index contributed by atoms with van der Waals surface area (Å²) in [6, 6.07) is 5.65. The monoisotopic (exact) mass is 320 g/mol. The first kappa shape index (κ1) is 16.9. The lowest BCUT2D eigenvalue weighted by molar-refractivity contribution is 0.397. The Morgan fingerprint density at radius 1 is 1.10 bits per heavy atom. The maximum absolute atomic E-state index is 12.0. The summed E-state index contributed by atoms with van der Waals surface area (Å²) in [6.45, 7) is 5.79. The third-order valence-corrected chi connectivity index (χ3v) is 4.82. The van der Waals surface area contributed by atoms with Gasteiger partial charge in [0, 0.05) is 0 Å². The summed E-state index contributed by atoms with van der Waals surface area (Å²) in [7, 11) is -7.60. The highest BCUT2D eigenvalue weighted by atomic mass is 32.2.